The van der Waals surface area contributed by atoms with Gasteiger partial charge < -0.3 is 9.80 Å². The molecule has 1 unspecified atom stereocenters. The maximum Gasteiger partial charge on any atom is 0.159 e. The highest BCUT2D eigenvalue weighted by atomic mass is 15.2. The van der Waals surface area contributed by atoms with Crippen LogP contribution < -0.4 is 0 Å². The van der Waals surface area contributed by atoms with Gasteiger partial charge in [0.1, 0.15) is 15.7 Å². The Kier molecular flexibility index (Phi) is 3.54. The number of rotatable bonds is 1. The second-order valence-electron chi connectivity index (χ2n) is 4.20. The summed E-state index contributed by atoms with van der Waals surface area (Å²) in [6.45, 7) is 4.59. The molecule has 0 aromatic heterocycles. The number of hydrogen-bond acceptors (Lipinski definition) is 2. The first-order chi connectivity index (χ1) is 6.06. The summed E-state index contributed by atoms with van der Waals surface area (Å²) in [7, 11) is 8.92. The molecule has 1 aliphatic heterocycles. The maximum atomic E-state index is 2.50. The van der Waals surface area contributed by atoms with E-state index in [0.717, 1.165) is 13.0 Å². The summed E-state index contributed by atoms with van der Waals surface area (Å²) in [5.41, 5.74) is 2.98. The van der Waals surface area contributed by atoms with Crippen molar-refractivity contribution in [3.05, 3.63) is 11.1 Å². The number of nitrogens with zero attached hydrogens (tertiary/aromatic N) is 2. The zero-order chi connectivity index (χ0) is 10.0. The van der Waals surface area contributed by atoms with Crippen LogP contribution in [0.1, 0.15) is 6.92 Å². The van der Waals surface area contributed by atoms with Crippen molar-refractivity contribution in [1.29, 1.82) is 0 Å². The molecule has 1 heterocycles. The van der Waals surface area contributed by atoms with Crippen molar-refractivity contribution in [1.82, 2.24) is 9.80 Å². The van der Waals surface area contributed by atoms with E-state index in [-0.39, 0.29) is 0 Å². The van der Waals surface area contributed by atoms with Crippen LogP contribution in [0.25, 0.3) is 0 Å². The van der Waals surface area contributed by atoms with Crippen LogP contribution in [0, 0.1) is 0 Å². The fourth-order valence-corrected chi connectivity index (χ4v) is 2.26. The summed E-state index contributed by atoms with van der Waals surface area (Å²) >= 11 is 0. The van der Waals surface area contributed by atoms with Crippen LogP contribution in [0.2, 0.25) is 0 Å². The Hall–Kier alpha value is -0.305. The molecule has 0 fully saturated rings. The van der Waals surface area contributed by atoms with Gasteiger partial charge in [-0.3, -0.25) is 0 Å². The number of likely N-dealkylation sites (N-methyl/N-ethyl adjacent to an activating group) is 1. The second kappa shape index (κ2) is 4.27. The van der Waals surface area contributed by atoms with Gasteiger partial charge in [-0.05, 0) is 26.0 Å². The molecule has 13 heavy (non-hydrogen) atoms. The maximum absolute atomic E-state index is 2.50. The van der Waals surface area contributed by atoms with Crippen LogP contribution >= 0.6 is 0 Å². The summed E-state index contributed by atoms with van der Waals surface area (Å²) in [4.78, 5) is 4.90. The minimum absolute atomic E-state index is 0.646. The molecule has 1 rings (SSSR count). The molecule has 0 aromatic rings. The van der Waals surface area contributed by atoms with Gasteiger partial charge in [0.25, 0.3) is 0 Å². The SMILES string of the molecule is BCN1C(B)=C(B)CN(C)CC1C. The zero-order valence-electron chi connectivity index (χ0n) is 9.59. The van der Waals surface area contributed by atoms with Gasteiger partial charge in [-0.25, -0.2) is 0 Å². The molecule has 0 aliphatic carbocycles. The molecular weight excluding hydrogens is 157 g/mol. The molecule has 70 valence electrons. The first-order valence-electron chi connectivity index (χ1n) is 5.17. The first kappa shape index (κ1) is 10.8. The molecular formula is C8H19B3N2. The predicted molar refractivity (Wildman–Crippen MR) is 66.3 cm³/mol. The first-order valence-corrected chi connectivity index (χ1v) is 5.17. The third-order valence-corrected chi connectivity index (χ3v) is 3.00. The van der Waals surface area contributed by atoms with Crippen molar-refractivity contribution in [3.8, 4) is 0 Å². The van der Waals surface area contributed by atoms with Crippen LogP contribution in [0.4, 0.5) is 0 Å². The average Bonchev–Trinajstić information content (AvgIpc) is 2.11. The Morgan fingerprint density at radius 2 is 2.08 bits per heavy atom. The van der Waals surface area contributed by atoms with Gasteiger partial charge >= 0.3 is 0 Å². The molecule has 5 heteroatoms. The molecule has 0 saturated carbocycles. The Balaban J connectivity index is 2.88. The van der Waals surface area contributed by atoms with Crippen LogP contribution in [0.3, 0.4) is 0 Å². The third-order valence-electron chi connectivity index (χ3n) is 3.00. The van der Waals surface area contributed by atoms with Gasteiger partial charge in [0.2, 0.25) is 0 Å². The van der Waals surface area contributed by atoms with Gasteiger partial charge in [-0.15, -0.1) is 0 Å². The topological polar surface area (TPSA) is 6.48 Å². The van der Waals surface area contributed by atoms with E-state index in [4.69, 9.17) is 0 Å². The molecule has 1 aliphatic rings. The van der Waals surface area contributed by atoms with E-state index < -0.39 is 0 Å². The third kappa shape index (κ3) is 2.34. The van der Waals surface area contributed by atoms with E-state index in [1.54, 1.807) is 0 Å². The highest BCUT2D eigenvalue weighted by Crippen LogP contribution is 2.14. The standard InChI is InChI=1S/C8H19B3N2/c1-6-3-12(2)4-7(10)8(11)13(6)5-9/h6H,3-5,9-11H2,1-2H3. The molecule has 0 radical (unpaired) electrons. The van der Waals surface area contributed by atoms with E-state index in [9.17, 15) is 0 Å². The average molecular weight is 176 g/mol. The molecule has 0 N–H and O–H groups in total. The minimum Gasteiger partial charge on any atom is -0.388 e. The van der Waals surface area contributed by atoms with Gasteiger partial charge in [0, 0.05) is 19.1 Å². The minimum atomic E-state index is 0.646. The lowest BCUT2D eigenvalue weighted by Gasteiger charge is -2.31. The Bertz CT molecular complexity index is 217. The Morgan fingerprint density at radius 1 is 1.46 bits per heavy atom. The van der Waals surface area contributed by atoms with Crippen molar-refractivity contribution < 1.29 is 0 Å². The Labute approximate surface area is 84.6 Å². The molecule has 2 nitrogen and oxygen atoms in total. The quantitative estimate of drug-likeness (QED) is 0.412. The molecule has 0 aromatic carbocycles. The molecule has 0 spiro atoms. The molecule has 1 atom stereocenters. The fourth-order valence-electron chi connectivity index (χ4n) is 2.26. The molecule has 0 saturated heterocycles. The van der Waals surface area contributed by atoms with Crippen molar-refractivity contribution in [3.63, 3.8) is 0 Å². The van der Waals surface area contributed by atoms with E-state index in [2.05, 4.69) is 47.3 Å². The lowest BCUT2D eigenvalue weighted by atomic mass is 9.83. The van der Waals surface area contributed by atoms with E-state index in [0.29, 0.717) is 6.04 Å². The van der Waals surface area contributed by atoms with E-state index in [1.807, 2.05) is 0 Å². The van der Waals surface area contributed by atoms with Gasteiger partial charge in [-0.1, -0.05) is 5.47 Å². The number of hydrogen-bond donors (Lipinski definition) is 0. The second-order valence-corrected chi connectivity index (χ2v) is 4.20. The van der Waals surface area contributed by atoms with Crippen molar-refractivity contribution in [2.24, 2.45) is 0 Å². The summed E-state index contributed by atoms with van der Waals surface area (Å²) < 4.78 is 0. The van der Waals surface area contributed by atoms with Crippen molar-refractivity contribution in [2.75, 3.05) is 26.6 Å². The Morgan fingerprint density at radius 3 is 2.62 bits per heavy atom. The summed E-state index contributed by atoms with van der Waals surface area (Å²) in [6, 6.07) is 0.646. The van der Waals surface area contributed by atoms with Crippen molar-refractivity contribution >= 4 is 23.5 Å². The normalized spacial score (nSPS) is 26.3. The van der Waals surface area contributed by atoms with Gasteiger partial charge in [-0.2, -0.15) is 0 Å². The highest BCUT2D eigenvalue weighted by Gasteiger charge is 2.19. The van der Waals surface area contributed by atoms with E-state index >= 15 is 0 Å². The largest absolute Gasteiger partial charge is 0.388 e. The summed E-state index contributed by atoms with van der Waals surface area (Å²) in [5, 5.41) is 0. The zero-order valence-corrected chi connectivity index (χ0v) is 9.59. The summed E-state index contributed by atoms with van der Waals surface area (Å²) in [6.07, 6.45) is 1.12. The highest BCUT2D eigenvalue weighted by molar-refractivity contribution is 6.31. The monoisotopic (exact) mass is 176 g/mol. The fraction of sp³-hybridized carbons (Fsp3) is 0.750. The van der Waals surface area contributed by atoms with Crippen LogP contribution in [-0.4, -0.2) is 66.0 Å². The van der Waals surface area contributed by atoms with Crippen LogP contribution in [0.15, 0.2) is 11.1 Å². The molecule has 0 bridgehead atoms. The van der Waals surface area contributed by atoms with Crippen LogP contribution in [-0.2, 0) is 0 Å². The lowest BCUT2D eigenvalue weighted by molar-refractivity contribution is 0.255. The predicted octanol–water partition coefficient (Wildman–Crippen LogP) is -2.35. The van der Waals surface area contributed by atoms with Crippen LogP contribution in [0.5, 0.6) is 0 Å². The van der Waals surface area contributed by atoms with Gasteiger partial charge in [0.05, 0.1) is 0 Å². The molecule has 0 amide bonds. The lowest BCUT2D eigenvalue weighted by Crippen LogP contribution is -2.38. The van der Waals surface area contributed by atoms with E-state index in [1.165, 1.54) is 17.6 Å². The van der Waals surface area contributed by atoms with Crippen molar-refractivity contribution in [2.45, 2.75) is 13.0 Å². The summed E-state index contributed by atoms with van der Waals surface area (Å²) in [5.74, 6) is 0. The van der Waals surface area contributed by atoms with Gasteiger partial charge in [0.15, 0.2) is 7.85 Å². The smallest absolute Gasteiger partial charge is 0.159 e.